The number of rotatable bonds is 4. The molecule has 5 heteroatoms. The van der Waals surface area contributed by atoms with Crippen LogP contribution in [0.5, 0.6) is 0 Å². The second kappa shape index (κ2) is 7.28. The summed E-state index contributed by atoms with van der Waals surface area (Å²) in [6, 6.07) is 20.3. The number of hydrogen-bond donors (Lipinski definition) is 2. The largest absolute Gasteiger partial charge is 0.459 e. The van der Waals surface area contributed by atoms with Crippen LogP contribution in [0.1, 0.15) is 32.0 Å². The minimum Gasteiger partial charge on any atom is -0.459 e. The van der Waals surface area contributed by atoms with Gasteiger partial charge in [0.1, 0.15) is 0 Å². The van der Waals surface area contributed by atoms with Gasteiger partial charge in [0.05, 0.1) is 6.26 Å². The number of carbonyl (C=O) groups is 2. The van der Waals surface area contributed by atoms with Crippen molar-refractivity contribution in [1.82, 2.24) is 10.9 Å². The zero-order chi connectivity index (χ0) is 16.8. The lowest BCUT2D eigenvalue weighted by Crippen LogP contribution is -2.41. The predicted molar refractivity (Wildman–Crippen MR) is 89.3 cm³/mol. The Balaban J connectivity index is 1.70. The maximum absolute atomic E-state index is 12.4. The van der Waals surface area contributed by atoms with Crippen molar-refractivity contribution in [3.63, 3.8) is 0 Å². The number of nitrogens with one attached hydrogen (secondary N) is 2. The predicted octanol–water partition coefficient (Wildman–Crippen LogP) is 2.95. The van der Waals surface area contributed by atoms with Crippen molar-refractivity contribution >= 4 is 11.8 Å². The molecular weight excluding hydrogens is 304 g/mol. The van der Waals surface area contributed by atoms with E-state index in [1.54, 1.807) is 18.2 Å². The molecule has 0 saturated heterocycles. The van der Waals surface area contributed by atoms with E-state index < -0.39 is 5.91 Å². The second-order valence-corrected chi connectivity index (χ2v) is 5.21. The first-order valence-electron chi connectivity index (χ1n) is 7.50. The van der Waals surface area contributed by atoms with Crippen molar-refractivity contribution in [3.05, 3.63) is 95.4 Å². The van der Waals surface area contributed by atoms with E-state index in [0.29, 0.717) is 12.0 Å². The lowest BCUT2D eigenvalue weighted by molar-refractivity contribution is 0.0830. The number of benzene rings is 2. The average molecular weight is 320 g/mol. The van der Waals surface area contributed by atoms with E-state index in [1.807, 2.05) is 42.5 Å². The molecule has 0 radical (unpaired) electrons. The van der Waals surface area contributed by atoms with E-state index >= 15 is 0 Å². The van der Waals surface area contributed by atoms with Crippen LogP contribution >= 0.6 is 0 Å². The summed E-state index contributed by atoms with van der Waals surface area (Å²) in [7, 11) is 0. The van der Waals surface area contributed by atoms with Gasteiger partial charge in [-0.2, -0.15) is 0 Å². The Bertz CT molecular complexity index is 827. The van der Waals surface area contributed by atoms with Crippen LogP contribution in [0.3, 0.4) is 0 Å². The molecule has 0 aliphatic carbocycles. The van der Waals surface area contributed by atoms with Gasteiger partial charge >= 0.3 is 5.91 Å². The average Bonchev–Trinajstić information content (AvgIpc) is 3.15. The van der Waals surface area contributed by atoms with Crippen LogP contribution in [0.25, 0.3) is 0 Å². The molecule has 3 rings (SSSR count). The summed E-state index contributed by atoms with van der Waals surface area (Å²) in [5, 5.41) is 0. The van der Waals surface area contributed by atoms with Crippen LogP contribution in [0.15, 0.2) is 77.4 Å². The van der Waals surface area contributed by atoms with Crippen molar-refractivity contribution in [3.8, 4) is 0 Å². The summed E-state index contributed by atoms with van der Waals surface area (Å²) in [4.78, 5) is 24.2. The molecule has 2 N–H and O–H groups in total. The summed E-state index contributed by atoms with van der Waals surface area (Å²) >= 11 is 0. The summed E-state index contributed by atoms with van der Waals surface area (Å²) in [5.41, 5.74) is 7.26. The molecule has 0 unspecified atom stereocenters. The van der Waals surface area contributed by atoms with Gasteiger partial charge in [-0.05, 0) is 35.7 Å². The van der Waals surface area contributed by atoms with Gasteiger partial charge in [-0.3, -0.25) is 20.4 Å². The Labute approximate surface area is 139 Å². The van der Waals surface area contributed by atoms with Crippen molar-refractivity contribution in [2.75, 3.05) is 0 Å². The molecular formula is C19H16N2O3. The molecule has 3 aromatic rings. The fourth-order valence-corrected chi connectivity index (χ4v) is 2.36. The van der Waals surface area contributed by atoms with Gasteiger partial charge in [-0.1, -0.05) is 48.5 Å². The second-order valence-electron chi connectivity index (χ2n) is 5.21. The number of hydrogen-bond acceptors (Lipinski definition) is 3. The highest BCUT2D eigenvalue weighted by Gasteiger charge is 2.13. The molecule has 0 aliphatic heterocycles. The van der Waals surface area contributed by atoms with E-state index in [0.717, 1.165) is 11.1 Å². The van der Waals surface area contributed by atoms with Gasteiger partial charge in [-0.25, -0.2) is 0 Å². The Kier molecular flexibility index (Phi) is 4.72. The van der Waals surface area contributed by atoms with Gasteiger partial charge in [-0.15, -0.1) is 0 Å². The Morgan fingerprint density at radius 3 is 2.25 bits per heavy atom. The van der Waals surface area contributed by atoms with E-state index in [-0.39, 0.29) is 11.7 Å². The molecule has 5 nitrogen and oxygen atoms in total. The number of furan rings is 1. The van der Waals surface area contributed by atoms with Gasteiger partial charge in [0.2, 0.25) is 0 Å². The maximum Gasteiger partial charge on any atom is 0.305 e. The fourth-order valence-electron chi connectivity index (χ4n) is 2.36. The van der Waals surface area contributed by atoms with Crippen LogP contribution in [0.2, 0.25) is 0 Å². The smallest absolute Gasteiger partial charge is 0.305 e. The first-order valence-corrected chi connectivity index (χ1v) is 7.50. The van der Waals surface area contributed by atoms with E-state index in [2.05, 4.69) is 10.9 Å². The van der Waals surface area contributed by atoms with E-state index in [9.17, 15) is 9.59 Å². The number of hydrazine groups is 1. The molecule has 0 bridgehead atoms. The van der Waals surface area contributed by atoms with Crippen molar-refractivity contribution < 1.29 is 14.0 Å². The standard InChI is InChI=1S/C19H16N2O3/c22-18(20-21-19(23)17-11-6-12-24-17)16-10-5-4-9-15(16)13-14-7-2-1-3-8-14/h1-12H,13H2,(H,20,22)(H,21,23). The summed E-state index contributed by atoms with van der Waals surface area (Å²) in [6.45, 7) is 0. The van der Waals surface area contributed by atoms with Gasteiger partial charge in [0.15, 0.2) is 5.76 Å². The third-order valence-electron chi connectivity index (χ3n) is 3.53. The molecule has 1 aromatic heterocycles. The minimum atomic E-state index is -0.506. The molecule has 24 heavy (non-hydrogen) atoms. The Hall–Kier alpha value is -3.34. The normalized spacial score (nSPS) is 10.2. The quantitative estimate of drug-likeness (QED) is 0.726. The zero-order valence-corrected chi connectivity index (χ0v) is 12.9. The van der Waals surface area contributed by atoms with Gasteiger partial charge in [0, 0.05) is 5.56 Å². The first kappa shape index (κ1) is 15.6. The van der Waals surface area contributed by atoms with Crippen LogP contribution in [-0.2, 0) is 6.42 Å². The third-order valence-corrected chi connectivity index (χ3v) is 3.53. The lowest BCUT2D eigenvalue weighted by Gasteiger charge is -2.10. The van der Waals surface area contributed by atoms with Crippen LogP contribution in [0, 0.1) is 0 Å². The van der Waals surface area contributed by atoms with Crippen LogP contribution in [-0.4, -0.2) is 11.8 Å². The first-order chi connectivity index (χ1) is 11.7. The molecule has 1 heterocycles. The summed E-state index contributed by atoms with van der Waals surface area (Å²) < 4.78 is 4.97. The number of carbonyl (C=O) groups excluding carboxylic acids is 2. The lowest BCUT2D eigenvalue weighted by atomic mass is 9.99. The Morgan fingerprint density at radius 2 is 1.50 bits per heavy atom. The third kappa shape index (κ3) is 3.70. The van der Waals surface area contributed by atoms with E-state index in [1.165, 1.54) is 12.3 Å². The van der Waals surface area contributed by atoms with Gasteiger partial charge in [0.25, 0.3) is 5.91 Å². The Morgan fingerprint density at radius 1 is 0.792 bits per heavy atom. The van der Waals surface area contributed by atoms with Crippen LogP contribution in [0.4, 0.5) is 0 Å². The molecule has 120 valence electrons. The molecule has 2 aromatic carbocycles. The highest BCUT2D eigenvalue weighted by Crippen LogP contribution is 2.14. The summed E-state index contributed by atoms with van der Waals surface area (Å²) in [6.07, 6.45) is 2.03. The molecule has 0 saturated carbocycles. The topological polar surface area (TPSA) is 71.3 Å². The van der Waals surface area contributed by atoms with Crippen LogP contribution < -0.4 is 10.9 Å². The highest BCUT2D eigenvalue weighted by molar-refractivity contribution is 5.98. The molecule has 0 fully saturated rings. The molecule has 0 spiro atoms. The molecule has 0 aliphatic rings. The van der Waals surface area contributed by atoms with Crippen molar-refractivity contribution in [1.29, 1.82) is 0 Å². The summed E-state index contributed by atoms with van der Waals surface area (Å²) in [5.74, 6) is -0.747. The molecule has 0 atom stereocenters. The number of amides is 2. The zero-order valence-electron chi connectivity index (χ0n) is 12.9. The van der Waals surface area contributed by atoms with Gasteiger partial charge < -0.3 is 4.42 Å². The fraction of sp³-hybridized carbons (Fsp3) is 0.0526. The minimum absolute atomic E-state index is 0.132. The molecule has 2 amide bonds. The SMILES string of the molecule is O=C(NNC(=O)c1ccccc1Cc1ccccc1)c1ccco1. The monoisotopic (exact) mass is 320 g/mol. The highest BCUT2D eigenvalue weighted by atomic mass is 16.3. The maximum atomic E-state index is 12.4. The van der Waals surface area contributed by atoms with E-state index in [4.69, 9.17) is 4.42 Å². The van der Waals surface area contributed by atoms with Crippen molar-refractivity contribution in [2.45, 2.75) is 6.42 Å². The van der Waals surface area contributed by atoms with Crippen molar-refractivity contribution in [2.24, 2.45) is 0 Å².